The molecule has 96 valence electrons. The standard InChI is InChI=1S/C13H14FNO3/c14-11-3-1-2-10(13(16)17)12(11)15-8-4-5-9(15)7-18-6-8/h1-3,8-9H,4-7H2,(H,16,17). The van der Waals surface area contributed by atoms with Gasteiger partial charge in [0.25, 0.3) is 0 Å². The van der Waals surface area contributed by atoms with E-state index in [9.17, 15) is 14.3 Å². The Morgan fingerprint density at radius 1 is 1.33 bits per heavy atom. The van der Waals surface area contributed by atoms with E-state index in [1.165, 1.54) is 18.2 Å². The molecule has 0 aromatic heterocycles. The number of carboxylic acids is 1. The molecule has 2 atom stereocenters. The molecule has 2 bridgehead atoms. The number of anilines is 1. The van der Waals surface area contributed by atoms with Crippen LogP contribution in [0.2, 0.25) is 0 Å². The van der Waals surface area contributed by atoms with E-state index in [0.29, 0.717) is 13.2 Å². The average molecular weight is 251 g/mol. The maximum Gasteiger partial charge on any atom is 0.337 e. The highest BCUT2D eigenvalue weighted by Crippen LogP contribution is 2.37. The molecule has 5 heteroatoms. The lowest BCUT2D eigenvalue weighted by atomic mass is 10.1. The molecular weight excluding hydrogens is 237 g/mol. The van der Waals surface area contributed by atoms with Crippen molar-refractivity contribution >= 4 is 11.7 Å². The van der Waals surface area contributed by atoms with Crippen LogP contribution in [0.5, 0.6) is 0 Å². The van der Waals surface area contributed by atoms with Crippen molar-refractivity contribution in [3.63, 3.8) is 0 Å². The van der Waals surface area contributed by atoms with Gasteiger partial charge in [-0.3, -0.25) is 0 Å². The van der Waals surface area contributed by atoms with Crippen LogP contribution in [0.25, 0.3) is 0 Å². The quantitative estimate of drug-likeness (QED) is 0.872. The van der Waals surface area contributed by atoms with Crippen LogP contribution >= 0.6 is 0 Å². The minimum Gasteiger partial charge on any atom is -0.478 e. The number of para-hydroxylation sites is 1. The van der Waals surface area contributed by atoms with Gasteiger partial charge in [0.05, 0.1) is 36.5 Å². The number of hydrogen-bond acceptors (Lipinski definition) is 3. The minimum atomic E-state index is -1.09. The molecule has 2 unspecified atom stereocenters. The summed E-state index contributed by atoms with van der Waals surface area (Å²) in [5.74, 6) is -1.55. The number of ether oxygens (including phenoxy) is 1. The van der Waals surface area contributed by atoms with E-state index < -0.39 is 11.8 Å². The smallest absolute Gasteiger partial charge is 0.337 e. The van der Waals surface area contributed by atoms with Crippen molar-refractivity contribution in [2.75, 3.05) is 18.1 Å². The SMILES string of the molecule is O=C(O)c1cccc(F)c1N1C2CCC1COC2. The van der Waals surface area contributed by atoms with E-state index in [1.54, 1.807) is 0 Å². The maximum atomic E-state index is 14.0. The third-order valence-corrected chi connectivity index (χ3v) is 3.72. The van der Waals surface area contributed by atoms with Crippen molar-refractivity contribution in [2.24, 2.45) is 0 Å². The summed E-state index contributed by atoms with van der Waals surface area (Å²) in [6, 6.07) is 4.40. The molecule has 0 spiro atoms. The number of halogens is 1. The van der Waals surface area contributed by atoms with E-state index in [1.807, 2.05) is 4.90 Å². The lowest BCUT2D eigenvalue weighted by molar-refractivity contribution is 0.0692. The molecule has 1 N–H and O–H groups in total. The number of aromatic carboxylic acids is 1. The van der Waals surface area contributed by atoms with Gasteiger partial charge in [-0.2, -0.15) is 0 Å². The molecule has 1 aromatic rings. The Balaban J connectivity index is 2.09. The molecule has 0 amide bonds. The van der Waals surface area contributed by atoms with Crippen LogP contribution in [0, 0.1) is 5.82 Å². The predicted molar refractivity (Wildman–Crippen MR) is 63.5 cm³/mol. The Kier molecular flexibility index (Phi) is 2.70. The van der Waals surface area contributed by atoms with Gasteiger partial charge >= 0.3 is 5.97 Å². The zero-order valence-electron chi connectivity index (χ0n) is 9.80. The van der Waals surface area contributed by atoms with Gasteiger partial charge in [-0.15, -0.1) is 0 Å². The highest BCUT2D eigenvalue weighted by atomic mass is 19.1. The Bertz CT molecular complexity index is 475. The molecule has 2 aliphatic heterocycles. The van der Waals surface area contributed by atoms with Crippen molar-refractivity contribution in [1.82, 2.24) is 0 Å². The van der Waals surface area contributed by atoms with Crippen LogP contribution in [-0.4, -0.2) is 36.4 Å². The van der Waals surface area contributed by atoms with E-state index >= 15 is 0 Å². The zero-order valence-corrected chi connectivity index (χ0v) is 9.80. The Hall–Kier alpha value is -1.62. The average Bonchev–Trinajstić information content (AvgIpc) is 2.59. The van der Waals surface area contributed by atoms with Gasteiger partial charge in [0.2, 0.25) is 0 Å². The van der Waals surface area contributed by atoms with Crippen LogP contribution in [0.1, 0.15) is 23.2 Å². The summed E-state index contributed by atoms with van der Waals surface area (Å²) in [6.45, 7) is 1.09. The molecule has 1 aromatic carbocycles. The second-order valence-electron chi connectivity index (χ2n) is 4.77. The molecule has 2 heterocycles. The van der Waals surface area contributed by atoms with Gasteiger partial charge in [0.1, 0.15) is 5.82 Å². The van der Waals surface area contributed by atoms with Crippen molar-refractivity contribution < 1.29 is 19.0 Å². The van der Waals surface area contributed by atoms with E-state index in [-0.39, 0.29) is 23.3 Å². The number of fused-ring (bicyclic) bond motifs is 2. The first-order valence-corrected chi connectivity index (χ1v) is 6.06. The van der Waals surface area contributed by atoms with E-state index in [2.05, 4.69) is 0 Å². The monoisotopic (exact) mass is 251 g/mol. The molecular formula is C13H14FNO3. The third-order valence-electron chi connectivity index (χ3n) is 3.72. The third kappa shape index (κ3) is 1.66. The molecule has 0 aliphatic carbocycles. The largest absolute Gasteiger partial charge is 0.478 e. The van der Waals surface area contributed by atoms with Gasteiger partial charge < -0.3 is 14.7 Å². The van der Waals surface area contributed by atoms with Crippen molar-refractivity contribution in [1.29, 1.82) is 0 Å². The highest BCUT2D eigenvalue weighted by Gasteiger charge is 2.40. The van der Waals surface area contributed by atoms with E-state index in [0.717, 1.165) is 12.8 Å². The molecule has 18 heavy (non-hydrogen) atoms. The lowest BCUT2D eigenvalue weighted by Crippen LogP contribution is -2.47. The molecule has 2 fully saturated rings. The minimum absolute atomic E-state index is 0.0359. The Morgan fingerprint density at radius 3 is 2.61 bits per heavy atom. The first-order valence-electron chi connectivity index (χ1n) is 6.06. The molecule has 2 aliphatic rings. The summed E-state index contributed by atoms with van der Waals surface area (Å²) in [5.41, 5.74) is 0.259. The summed E-state index contributed by atoms with van der Waals surface area (Å²) in [7, 11) is 0. The first kappa shape index (κ1) is 11.5. The van der Waals surface area contributed by atoms with Gasteiger partial charge in [-0.25, -0.2) is 9.18 Å². The number of carboxylic acid groups (broad SMARTS) is 1. The highest BCUT2D eigenvalue weighted by molar-refractivity contribution is 5.94. The lowest BCUT2D eigenvalue weighted by Gasteiger charge is -2.37. The molecule has 0 radical (unpaired) electrons. The molecule has 4 nitrogen and oxygen atoms in total. The molecule has 3 rings (SSSR count). The second kappa shape index (κ2) is 4.24. The maximum absolute atomic E-state index is 14.0. The van der Waals surface area contributed by atoms with Gasteiger partial charge in [-0.1, -0.05) is 6.07 Å². The number of benzene rings is 1. The predicted octanol–water partition coefficient (Wildman–Crippen LogP) is 1.89. The summed E-state index contributed by atoms with van der Waals surface area (Å²) >= 11 is 0. The van der Waals surface area contributed by atoms with Crippen LogP contribution in [0.4, 0.5) is 10.1 Å². The topological polar surface area (TPSA) is 49.8 Å². The second-order valence-corrected chi connectivity index (χ2v) is 4.77. The van der Waals surface area contributed by atoms with Crippen LogP contribution in [0.3, 0.4) is 0 Å². The summed E-state index contributed by atoms with van der Waals surface area (Å²) in [6.07, 6.45) is 1.86. The number of hydrogen-bond donors (Lipinski definition) is 1. The number of rotatable bonds is 2. The van der Waals surface area contributed by atoms with Crippen molar-refractivity contribution in [3.05, 3.63) is 29.6 Å². The first-order chi connectivity index (χ1) is 8.68. The van der Waals surface area contributed by atoms with Crippen LogP contribution in [-0.2, 0) is 4.74 Å². The number of morpholine rings is 1. The van der Waals surface area contributed by atoms with Crippen LogP contribution < -0.4 is 4.90 Å². The van der Waals surface area contributed by atoms with Crippen molar-refractivity contribution in [2.45, 2.75) is 24.9 Å². The van der Waals surface area contributed by atoms with E-state index in [4.69, 9.17) is 4.74 Å². The zero-order chi connectivity index (χ0) is 12.7. The normalized spacial score (nSPS) is 26.4. The fourth-order valence-corrected chi connectivity index (χ4v) is 2.94. The summed E-state index contributed by atoms with van der Waals surface area (Å²) in [5, 5.41) is 9.19. The Morgan fingerprint density at radius 2 is 2.00 bits per heavy atom. The molecule has 2 saturated heterocycles. The fourth-order valence-electron chi connectivity index (χ4n) is 2.94. The van der Waals surface area contributed by atoms with Crippen molar-refractivity contribution in [3.8, 4) is 0 Å². The number of nitrogens with zero attached hydrogens (tertiary/aromatic N) is 1. The van der Waals surface area contributed by atoms with Crippen LogP contribution in [0.15, 0.2) is 18.2 Å². The Labute approximate surface area is 104 Å². The summed E-state index contributed by atoms with van der Waals surface area (Å²) < 4.78 is 19.5. The molecule has 0 saturated carbocycles. The van der Waals surface area contributed by atoms with Gasteiger partial charge in [0.15, 0.2) is 0 Å². The summed E-state index contributed by atoms with van der Waals surface area (Å²) in [4.78, 5) is 13.1. The fraction of sp³-hybridized carbons (Fsp3) is 0.462. The van der Waals surface area contributed by atoms with Gasteiger partial charge in [0, 0.05) is 0 Å². The number of carbonyl (C=O) groups is 1. The van der Waals surface area contributed by atoms with Gasteiger partial charge in [-0.05, 0) is 25.0 Å².